The lowest BCUT2D eigenvalue weighted by molar-refractivity contribution is 0.190. The number of pyridine rings is 1. The lowest BCUT2D eigenvalue weighted by Crippen LogP contribution is -2.49. The van der Waals surface area contributed by atoms with E-state index >= 15 is 0 Å². The van der Waals surface area contributed by atoms with E-state index in [1.165, 1.54) is 16.8 Å². The summed E-state index contributed by atoms with van der Waals surface area (Å²) in [6.45, 7) is 16.0. The van der Waals surface area contributed by atoms with E-state index in [4.69, 9.17) is 0 Å². The fraction of sp³-hybridized carbons (Fsp3) is 0.429. The van der Waals surface area contributed by atoms with E-state index in [0.29, 0.717) is 11.4 Å². The highest BCUT2D eigenvalue weighted by atomic mass is 16.1. The van der Waals surface area contributed by atoms with Crippen molar-refractivity contribution in [3.05, 3.63) is 80.9 Å². The maximum atomic E-state index is 13.5. The maximum Gasteiger partial charge on any atom is 0.253 e. The van der Waals surface area contributed by atoms with Crippen molar-refractivity contribution >= 4 is 16.6 Å². The number of aryl methyl sites for hydroxylation is 2. The molecule has 2 aromatic carbocycles. The molecular formula is C28H35N7O. The van der Waals surface area contributed by atoms with Crippen LogP contribution in [0.2, 0.25) is 0 Å². The van der Waals surface area contributed by atoms with Crippen molar-refractivity contribution in [3.63, 3.8) is 0 Å². The fourth-order valence-electron chi connectivity index (χ4n) is 5.19. The van der Waals surface area contributed by atoms with E-state index in [1.54, 1.807) is 0 Å². The Kier molecular flexibility index (Phi) is 6.16. The molecule has 0 saturated carbocycles. The van der Waals surface area contributed by atoms with Gasteiger partial charge in [-0.25, -0.2) is 4.68 Å². The number of hydrogen-bond acceptors (Lipinski definition) is 6. The molecule has 1 aliphatic rings. The topological polar surface area (TPSA) is 82.9 Å². The number of piperazine rings is 1. The van der Waals surface area contributed by atoms with Crippen LogP contribution in [0.3, 0.4) is 0 Å². The average molecular weight is 486 g/mol. The highest BCUT2D eigenvalue weighted by Gasteiger charge is 2.35. The predicted octanol–water partition coefficient (Wildman–Crippen LogP) is 4.11. The molecule has 1 atom stereocenters. The molecule has 0 amide bonds. The van der Waals surface area contributed by atoms with Crippen LogP contribution in [-0.4, -0.2) is 56.3 Å². The van der Waals surface area contributed by atoms with Gasteiger partial charge in [0.15, 0.2) is 5.82 Å². The highest BCUT2D eigenvalue weighted by molar-refractivity contribution is 5.79. The molecule has 1 N–H and O–H groups in total. The summed E-state index contributed by atoms with van der Waals surface area (Å²) in [5.41, 5.74) is 6.14. The summed E-state index contributed by atoms with van der Waals surface area (Å²) in [6, 6.07) is 14.2. The number of benzene rings is 2. The van der Waals surface area contributed by atoms with Crippen LogP contribution < -0.4 is 10.5 Å². The Hall–Kier alpha value is -3.52. The Labute approximate surface area is 211 Å². The molecule has 8 heteroatoms. The van der Waals surface area contributed by atoms with E-state index in [0.717, 1.165) is 42.6 Å². The van der Waals surface area contributed by atoms with Crippen LogP contribution in [0.25, 0.3) is 10.9 Å². The summed E-state index contributed by atoms with van der Waals surface area (Å²) >= 11 is 0. The Balaban J connectivity index is 1.56. The molecule has 8 nitrogen and oxygen atoms in total. The van der Waals surface area contributed by atoms with Crippen LogP contribution >= 0.6 is 0 Å². The molecule has 36 heavy (non-hydrogen) atoms. The maximum absolute atomic E-state index is 13.5. The number of tetrazole rings is 1. The van der Waals surface area contributed by atoms with Crippen molar-refractivity contribution in [1.29, 1.82) is 0 Å². The second kappa shape index (κ2) is 9.17. The number of aromatic amines is 1. The van der Waals surface area contributed by atoms with Gasteiger partial charge in [0.25, 0.3) is 5.56 Å². The van der Waals surface area contributed by atoms with Gasteiger partial charge in [-0.2, -0.15) is 0 Å². The largest absolute Gasteiger partial charge is 0.369 e. The van der Waals surface area contributed by atoms with Crippen molar-refractivity contribution in [2.24, 2.45) is 0 Å². The Bertz CT molecular complexity index is 1460. The van der Waals surface area contributed by atoms with Crippen LogP contribution in [0.15, 0.2) is 47.3 Å². The van der Waals surface area contributed by atoms with E-state index in [-0.39, 0.29) is 17.1 Å². The molecule has 2 aromatic heterocycles. The van der Waals surface area contributed by atoms with Gasteiger partial charge in [-0.05, 0) is 92.7 Å². The van der Waals surface area contributed by atoms with Gasteiger partial charge in [-0.3, -0.25) is 9.69 Å². The minimum atomic E-state index is -0.353. The third-order valence-electron chi connectivity index (χ3n) is 7.29. The average Bonchev–Trinajstić information content (AvgIpc) is 3.32. The van der Waals surface area contributed by atoms with Gasteiger partial charge in [0.05, 0.1) is 5.54 Å². The van der Waals surface area contributed by atoms with Gasteiger partial charge in [-0.1, -0.05) is 23.8 Å². The molecule has 5 rings (SSSR count). The van der Waals surface area contributed by atoms with E-state index < -0.39 is 0 Å². The first-order chi connectivity index (χ1) is 17.1. The molecule has 3 heterocycles. The molecule has 188 valence electrons. The summed E-state index contributed by atoms with van der Waals surface area (Å²) < 4.78 is 1.86. The normalized spacial score (nSPS) is 16.0. The predicted molar refractivity (Wildman–Crippen MR) is 144 cm³/mol. The van der Waals surface area contributed by atoms with Gasteiger partial charge < -0.3 is 9.88 Å². The molecule has 1 unspecified atom stereocenters. The first kappa shape index (κ1) is 24.2. The number of nitrogens with one attached hydrogen (secondary N) is 1. The fourth-order valence-corrected chi connectivity index (χ4v) is 5.19. The number of nitrogens with zero attached hydrogens (tertiary/aromatic N) is 6. The van der Waals surface area contributed by atoms with Crippen LogP contribution in [0.4, 0.5) is 5.69 Å². The third-order valence-corrected chi connectivity index (χ3v) is 7.29. The van der Waals surface area contributed by atoms with Crippen molar-refractivity contribution in [1.82, 2.24) is 30.1 Å². The van der Waals surface area contributed by atoms with Crippen molar-refractivity contribution in [2.75, 3.05) is 31.1 Å². The van der Waals surface area contributed by atoms with Gasteiger partial charge in [0.2, 0.25) is 0 Å². The Morgan fingerprint density at radius 1 is 0.972 bits per heavy atom. The molecular weight excluding hydrogens is 450 g/mol. The van der Waals surface area contributed by atoms with Crippen LogP contribution in [0.1, 0.15) is 54.9 Å². The number of H-pyrrole nitrogens is 1. The molecule has 0 spiro atoms. The van der Waals surface area contributed by atoms with Gasteiger partial charge >= 0.3 is 0 Å². The second-order valence-electron chi connectivity index (χ2n) is 10.9. The summed E-state index contributed by atoms with van der Waals surface area (Å²) in [5, 5.41) is 13.8. The Morgan fingerprint density at radius 3 is 2.44 bits per heavy atom. The lowest BCUT2D eigenvalue weighted by atomic mass is 10.00. The number of rotatable bonds is 4. The molecule has 4 aromatic rings. The lowest BCUT2D eigenvalue weighted by Gasteiger charge is -2.40. The van der Waals surface area contributed by atoms with E-state index in [9.17, 15) is 4.79 Å². The monoisotopic (exact) mass is 485 g/mol. The second-order valence-corrected chi connectivity index (χ2v) is 10.9. The molecule has 0 bridgehead atoms. The standard InChI is InChI=1S/C28H35N7O/c1-18-10-11-23-21(16-18)17-22(27(36)29-23)25(26-30-31-32-35(26)28(4,5)6)34-14-12-33(13-15-34)24-9-7-8-19(2)20(24)3/h7-11,16-17,25H,12-15H2,1-6H3,(H,29,36). The van der Waals surface area contributed by atoms with E-state index in [1.807, 2.05) is 22.9 Å². The minimum absolute atomic E-state index is 0.100. The first-order valence-corrected chi connectivity index (χ1v) is 12.6. The summed E-state index contributed by atoms with van der Waals surface area (Å²) in [4.78, 5) is 21.3. The van der Waals surface area contributed by atoms with Crippen molar-refractivity contribution in [2.45, 2.75) is 53.1 Å². The number of anilines is 1. The number of fused-ring (bicyclic) bond motifs is 1. The quantitative estimate of drug-likeness (QED) is 0.469. The van der Waals surface area contributed by atoms with Gasteiger partial charge in [-0.15, -0.1) is 5.10 Å². The number of hydrogen-bond donors (Lipinski definition) is 1. The SMILES string of the molecule is Cc1ccc2[nH]c(=O)c(C(c3nnnn3C(C)(C)C)N3CCN(c4cccc(C)c4C)CC3)cc2c1. The summed E-state index contributed by atoms with van der Waals surface area (Å²) in [6.07, 6.45) is 0. The minimum Gasteiger partial charge on any atom is -0.369 e. The van der Waals surface area contributed by atoms with Crippen molar-refractivity contribution < 1.29 is 0 Å². The highest BCUT2D eigenvalue weighted by Crippen LogP contribution is 2.32. The zero-order valence-electron chi connectivity index (χ0n) is 22.0. The van der Waals surface area contributed by atoms with Crippen LogP contribution in [0.5, 0.6) is 0 Å². The third kappa shape index (κ3) is 4.41. The smallest absolute Gasteiger partial charge is 0.253 e. The zero-order valence-corrected chi connectivity index (χ0v) is 22.0. The van der Waals surface area contributed by atoms with Crippen molar-refractivity contribution in [3.8, 4) is 0 Å². The van der Waals surface area contributed by atoms with Crippen LogP contribution in [-0.2, 0) is 5.54 Å². The first-order valence-electron chi connectivity index (χ1n) is 12.6. The van der Waals surface area contributed by atoms with Gasteiger partial charge in [0, 0.05) is 42.9 Å². The molecule has 1 fully saturated rings. The summed E-state index contributed by atoms with van der Waals surface area (Å²) in [5.74, 6) is 0.695. The molecule has 1 aliphatic heterocycles. The Morgan fingerprint density at radius 2 is 1.72 bits per heavy atom. The summed E-state index contributed by atoms with van der Waals surface area (Å²) in [7, 11) is 0. The number of aromatic nitrogens is 5. The van der Waals surface area contributed by atoms with Gasteiger partial charge in [0.1, 0.15) is 6.04 Å². The van der Waals surface area contributed by atoms with E-state index in [2.05, 4.69) is 96.1 Å². The van der Waals surface area contributed by atoms with Crippen LogP contribution in [0, 0.1) is 20.8 Å². The molecule has 0 aliphatic carbocycles. The molecule has 1 saturated heterocycles. The molecule has 0 radical (unpaired) electrons. The zero-order chi connectivity index (χ0) is 25.6.